The van der Waals surface area contributed by atoms with Gasteiger partial charge < -0.3 is 14.4 Å². The molecule has 0 aliphatic rings. The van der Waals surface area contributed by atoms with Gasteiger partial charge in [0.25, 0.3) is 5.56 Å². The zero-order valence-electron chi connectivity index (χ0n) is 17.4. The van der Waals surface area contributed by atoms with Crippen LogP contribution in [0.4, 0.5) is 5.69 Å². The third-order valence-electron chi connectivity index (χ3n) is 4.90. The summed E-state index contributed by atoms with van der Waals surface area (Å²) in [5, 5.41) is 6.80. The molecule has 0 saturated heterocycles. The lowest BCUT2D eigenvalue weighted by molar-refractivity contribution is -0.116. The first-order valence-corrected chi connectivity index (χ1v) is 9.68. The number of pyridine rings is 1. The van der Waals surface area contributed by atoms with E-state index >= 15 is 0 Å². The van der Waals surface area contributed by atoms with Crippen LogP contribution in [-0.4, -0.2) is 20.6 Å². The summed E-state index contributed by atoms with van der Waals surface area (Å²) in [5.41, 5.74) is 4.17. The molecule has 1 aromatic carbocycles. The lowest BCUT2D eigenvalue weighted by Crippen LogP contribution is -2.25. The molecule has 3 aromatic rings. The van der Waals surface area contributed by atoms with Gasteiger partial charge in [0.05, 0.1) is 5.56 Å². The second-order valence-corrected chi connectivity index (χ2v) is 7.52. The SMILES string of the molecule is Cc1ccc(NC(=O)CCc2nc(-c3ccc(C)n(C(C)C)c3=O)no2)cc1C. The zero-order valence-corrected chi connectivity index (χ0v) is 17.4. The van der Waals surface area contributed by atoms with Crippen LogP contribution in [-0.2, 0) is 11.2 Å². The highest BCUT2D eigenvalue weighted by atomic mass is 16.5. The quantitative estimate of drug-likeness (QED) is 0.683. The predicted octanol–water partition coefficient (Wildman–Crippen LogP) is 3.98. The lowest BCUT2D eigenvalue weighted by Gasteiger charge is -2.14. The first-order chi connectivity index (χ1) is 13.8. The monoisotopic (exact) mass is 394 g/mol. The summed E-state index contributed by atoms with van der Waals surface area (Å²) in [4.78, 5) is 29.3. The van der Waals surface area contributed by atoms with Crippen LogP contribution in [0.5, 0.6) is 0 Å². The van der Waals surface area contributed by atoms with E-state index in [1.165, 1.54) is 5.56 Å². The molecule has 29 heavy (non-hydrogen) atoms. The highest BCUT2D eigenvalue weighted by molar-refractivity contribution is 5.90. The minimum absolute atomic E-state index is 0.0305. The molecule has 0 aliphatic carbocycles. The first kappa shape index (κ1) is 20.5. The Labute approximate surface area is 169 Å². The molecule has 152 valence electrons. The number of hydrogen-bond donors (Lipinski definition) is 1. The lowest BCUT2D eigenvalue weighted by atomic mass is 10.1. The summed E-state index contributed by atoms with van der Waals surface area (Å²) in [7, 11) is 0. The van der Waals surface area contributed by atoms with Crippen molar-refractivity contribution in [3.63, 3.8) is 0 Å². The number of nitrogens with zero attached hydrogens (tertiary/aromatic N) is 3. The van der Waals surface area contributed by atoms with Gasteiger partial charge in [-0.3, -0.25) is 9.59 Å². The van der Waals surface area contributed by atoms with E-state index in [0.717, 1.165) is 16.9 Å². The van der Waals surface area contributed by atoms with Crippen LogP contribution >= 0.6 is 0 Å². The second-order valence-electron chi connectivity index (χ2n) is 7.52. The Morgan fingerprint density at radius 1 is 1.14 bits per heavy atom. The van der Waals surface area contributed by atoms with Crippen molar-refractivity contribution in [2.75, 3.05) is 5.32 Å². The van der Waals surface area contributed by atoms with Gasteiger partial charge in [-0.1, -0.05) is 11.2 Å². The Morgan fingerprint density at radius 3 is 2.59 bits per heavy atom. The van der Waals surface area contributed by atoms with Gasteiger partial charge in [0.2, 0.25) is 17.6 Å². The molecule has 0 bridgehead atoms. The number of benzene rings is 1. The van der Waals surface area contributed by atoms with Crippen molar-refractivity contribution >= 4 is 11.6 Å². The number of carbonyl (C=O) groups is 1. The van der Waals surface area contributed by atoms with E-state index in [1.54, 1.807) is 10.6 Å². The average Bonchev–Trinajstić information content (AvgIpc) is 3.11. The van der Waals surface area contributed by atoms with Gasteiger partial charge in [0.15, 0.2) is 0 Å². The van der Waals surface area contributed by atoms with E-state index < -0.39 is 0 Å². The highest BCUT2D eigenvalue weighted by Gasteiger charge is 2.16. The normalized spacial score (nSPS) is 11.1. The molecule has 0 saturated carbocycles. The van der Waals surface area contributed by atoms with Gasteiger partial charge in [0, 0.05) is 30.3 Å². The van der Waals surface area contributed by atoms with E-state index in [2.05, 4.69) is 15.5 Å². The fraction of sp³-hybridized carbons (Fsp3) is 0.364. The van der Waals surface area contributed by atoms with Crippen LogP contribution in [0.25, 0.3) is 11.4 Å². The number of aryl methyl sites for hydroxylation is 4. The van der Waals surface area contributed by atoms with Gasteiger partial charge in [-0.25, -0.2) is 0 Å². The number of carbonyl (C=O) groups excluding carboxylic acids is 1. The number of aromatic nitrogens is 3. The smallest absolute Gasteiger partial charge is 0.262 e. The van der Waals surface area contributed by atoms with Gasteiger partial charge in [0.1, 0.15) is 0 Å². The number of rotatable bonds is 6. The van der Waals surface area contributed by atoms with Crippen molar-refractivity contribution < 1.29 is 9.32 Å². The molecule has 2 aromatic heterocycles. The highest BCUT2D eigenvalue weighted by Crippen LogP contribution is 2.17. The molecule has 0 spiro atoms. The maximum Gasteiger partial charge on any atom is 0.262 e. The molecule has 3 rings (SSSR count). The van der Waals surface area contributed by atoms with Crippen LogP contribution in [0.15, 0.2) is 39.6 Å². The Bertz CT molecular complexity index is 1100. The van der Waals surface area contributed by atoms with Crippen LogP contribution in [0.3, 0.4) is 0 Å². The maximum absolute atomic E-state index is 12.7. The number of hydrogen-bond acceptors (Lipinski definition) is 5. The Morgan fingerprint density at radius 2 is 1.90 bits per heavy atom. The fourth-order valence-electron chi connectivity index (χ4n) is 3.19. The molecule has 7 nitrogen and oxygen atoms in total. The summed E-state index contributed by atoms with van der Waals surface area (Å²) in [6.45, 7) is 9.82. The van der Waals surface area contributed by atoms with Crippen molar-refractivity contribution in [3.05, 3.63) is 63.4 Å². The van der Waals surface area contributed by atoms with E-state index in [4.69, 9.17) is 4.52 Å². The molecule has 0 unspecified atom stereocenters. The van der Waals surface area contributed by atoms with Gasteiger partial charge in [-0.05, 0) is 70.0 Å². The second kappa shape index (κ2) is 8.43. The van der Waals surface area contributed by atoms with Gasteiger partial charge >= 0.3 is 0 Å². The van der Waals surface area contributed by atoms with Crippen molar-refractivity contribution in [2.24, 2.45) is 0 Å². The minimum Gasteiger partial charge on any atom is -0.339 e. The fourth-order valence-corrected chi connectivity index (χ4v) is 3.19. The molecule has 1 N–H and O–H groups in total. The largest absolute Gasteiger partial charge is 0.339 e. The van der Waals surface area contributed by atoms with Crippen molar-refractivity contribution in [2.45, 2.75) is 53.5 Å². The summed E-state index contributed by atoms with van der Waals surface area (Å²) < 4.78 is 6.95. The Hall–Kier alpha value is -3.22. The summed E-state index contributed by atoms with van der Waals surface area (Å²) >= 11 is 0. The standard InChI is InChI=1S/C22H26N4O3/c1-13(2)26-16(5)7-9-18(22(26)28)21-24-20(29-25-21)11-10-19(27)23-17-8-6-14(3)15(4)12-17/h6-9,12-13H,10-11H2,1-5H3,(H,23,27). The maximum atomic E-state index is 12.7. The molecular weight excluding hydrogens is 368 g/mol. The van der Waals surface area contributed by atoms with Gasteiger partial charge in [-0.15, -0.1) is 0 Å². The summed E-state index contributed by atoms with van der Waals surface area (Å²) in [5.74, 6) is 0.436. The topological polar surface area (TPSA) is 90.0 Å². The summed E-state index contributed by atoms with van der Waals surface area (Å²) in [6.07, 6.45) is 0.507. The average molecular weight is 394 g/mol. The van der Waals surface area contributed by atoms with Crippen LogP contribution < -0.4 is 10.9 Å². The van der Waals surface area contributed by atoms with Crippen molar-refractivity contribution in [1.29, 1.82) is 0 Å². The third kappa shape index (κ3) is 4.62. The number of anilines is 1. The minimum atomic E-state index is -0.153. The van der Waals surface area contributed by atoms with Crippen LogP contribution in [0, 0.1) is 20.8 Å². The Balaban J connectivity index is 1.68. The molecule has 2 heterocycles. The number of amides is 1. The van der Waals surface area contributed by atoms with E-state index in [1.807, 2.05) is 58.9 Å². The molecule has 0 aliphatic heterocycles. The molecule has 0 radical (unpaired) electrons. The third-order valence-corrected chi connectivity index (χ3v) is 4.90. The molecular formula is C22H26N4O3. The van der Waals surface area contributed by atoms with Gasteiger partial charge in [-0.2, -0.15) is 4.98 Å². The Kier molecular flexibility index (Phi) is 5.96. The summed E-state index contributed by atoms with van der Waals surface area (Å²) in [6, 6.07) is 9.39. The predicted molar refractivity (Wildman–Crippen MR) is 112 cm³/mol. The molecule has 0 atom stereocenters. The molecule has 1 amide bonds. The van der Waals surface area contributed by atoms with Crippen LogP contribution in [0.2, 0.25) is 0 Å². The molecule has 0 fully saturated rings. The van der Waals surface area contributed by atoms with Crippen LogP contribution in [0.1, 0.15) is 49.0 Å². The van der Waals surface area contributed by atoms with E-state index in [9.17, 15) is 9.59 Å². The van der Waals surface area contributed by atoms with Crippen molar-refractivity contribution in [3.8, 4) is 11.4 Å². The molecule has 7 heteroatoms. The van der Waals surface area contributed by atoms with E-state index in [-0.39, 0.29) is 29.8 Å². The van der Waals surface area contributed by atoms with Crippen molar-refractivity contribution in [1.82, 2.24) is 14.7 Å². The number of nitrogens with one attached hydrogen (secondary N) is 1. The zero-order chi connectivity index (χ0) is 21.1. The first-order valence-electron chi connectivity index (χ1n) is 9.68. The van der Waals surface area contributed by atoms with E-state index in [0.29, 0.717) is 17.9 Å².